The first-order valence-corrected chi connectivity index (χ1v) is 10.7. The number of amides is 4. The summed E-state index contributed by atoms with van der Waals surface area (Å²) >= 11 is 0. The van der Waals surface area contributed by atoms with Crippen molar-refractivity contribution in [3.63, 3.8) is 0 Å². The first-order valence-electron chi connectivity index (χ1n) is 10.7. The molecule has 2 aliphatic rings. The second-order valence-corrected chi connectivity index (χ2v) is 7.83. The number of ether oxygens (including phenoxy) is 2. The number of carbonyl (C=O) groups is 4. The summed E-state index contributed by atoms with van der Waals surface area (Å²) in [4.78, 5) is 50.7. The van der Waals surface area contributed by atoms with Crippen molar-refractivity contribution in [1.29, 1.82) is 0 Å². The van der Waals surface area contributed by atoms with E-state index in [0.717, 1.165) is 24.2 Å². The molecule has 0 bridgehead atoms. The molecule has 1 spiro atoms. The number of urea groups is 1. The van der Waals surface area contributed by atoms with Crippen molar-refractivity contribution in [3.05, 3.63) is 24.3 Å². The number of para-hydroxylation sites is 2. The van der Waals surface area contributed by atoms with E-state index in [2.05, 4.69) is 10.6 Å². The van der Waals surface area contributed by atoms with Crippen molar-refractivity contribution in [2.75, 3.05) is 18.5 Å². The van der Waals surface area contributed by atoms with Crippen molar-refractivity contribution in [3.8, 4) is 5.75 Å². The van der Waals surface area contributed by atoms with Gasteiger partial charge in [-0.15, -0.1) is 0 Å². The molecule has 0 aromatic heterocycles. The van der Waals surface area contributed by atoms with Gasteiger partial charge in [-0.25, -0.2) is 4.79 Å². The van der Waals surface area contributed by atoms with Crippen LogP contribution in [0, 0.1) is 0 Å². The average molecular weight is 431 g/mol. The normalized spacial score (nSPS) is 18.5. The average Bonchev–Trinajstić information content (AvgIpc) is 2.97. The van der Waals surface area contributed by atoms with Crippen molar-refractivity contribution in [2.45, 2.75) is 64.0 Å². The number of nitrogens with one attached hydrogen (secondary N) is 2. The zero-order valence-electron chi connectivity index (χ0n) is 17.9. The monoisotopic (exact) mass is 431 g/mol. The fourth-order valence-electron chi connectivity index (χ4n) is 3.97. The van der Waals surface area contributed by atoms with Gasteiger partial charge in [-0.2, -0.15) is 0 Å². The van der Waals surface area contributed by atoms with Gasteiger partial charge in [0.1, 0.15) is 11.3 Å². The molecule has 3 rings (SSSR count). The summed E-state index contributed by atoms with van der Waals surface area (Å²) in [6, 6.07) is 6.49. The van der Waals surface area contributed by atoms with Gasteiger partial charge in [-0.1, -0.05) is 31.4 Å². The number of hydrogen-bond donors (Lipinski definition) is 2. The molecule has 1 aromatic rings. The van der Waals surface area contributed by atoms with Gasteiger partial charge in [-0.3, -0.25) is 19.3 Å². The van der Waals surface area contributed by atoms with Gasteiger partial charge in [0, 0.05) is 6.54 Å². The lowest BCUT2D eigenvalue weighted by atomic mass is 9.82. The quantitative estimate of drug-likeness (QED) is 0.483. The fourth-order valence-corrected chi connectivity index (χ4v) is 3.97. The van der Waals surface area contributed by atoms with Crippen LogP contribution in [0.2, 0.25) is 0 Å². The minimum absolute atomic E-state index is 0.0766. The third-order valence-corrected chi connectivity index (χ3v) is 5.61. The van der Waals surface area contributed by atoms with Gasteiger partial charge >= 0.3 is 12.0 Å². The maximum absolute atomic E-state index is 12.7. The standard InChI is InChI=1S/C22H29N3O6/c1-3-30-17-10-6-5-9-16(17)23-19(27)15(2)31-18(26)11-14-25-20(28)22(24-21(25)29)12-7-4-8-13-22/h5-6,9-10,15H,3-4,7-8,11-14H2,1-2H3,(H,23,27)(H,24,29). The van der Waals surface area contributed by atoms with Crippen LogP contribution < -0.4 is 15.4 Å². The zero-order chi connectivity index (χ0) is 22.4. The van der Waals surface area contributed by atoms with Gasteiger partial charge in [0.15, 0.2) is 6.10 Å². The predicted molar refractivity (Wildman–Crippen MR) is 112 cm³/mol. The van der Waals surface area contributed by atoms with Crippen molar-refractivity contribution < 1.29 is 28.7 Å². The van der Waals surface area contributed by atoms with E-state index < -0.39 is 29.6 Å². The second kappa shape index (κ2) is 9.80. The topological polar surface area (TPSA) is 114 Å². The molecule has 1 aromatic carbocycles. The summed E-state index contributed by atoms with van der Waals surface area (Å²) in [6.07, 6.45) is 2.85. The van der Waals surface area contributed by atoms with E-state index in [0.29, 0.717) is 30.9 Å². The van der Waals surface area contributed by atoms with Gasteiger partial charge < -0.3 is 20.1 Å². The maximum atomic E-state index is 12.7. The SMILES string of the molecule is CCOc1ccccc1NC(=O)C(C)OC(=O)CCN1C(=O)NC2(CCCCC2)C1=O. The van der Waals surface area contributed by atoms with Crippen LogP contribution in [0.15, 0.2) is 24.3 Å². The van der Waals surface area contributed by atoms with Gasteiger partial charge in [-0.05, 0) is 38.8 Å². The molecule has 1 aliphatic heterocycles. The first kappa shape index (κ1) is 22.6. The van der Waals surface area contributed by atoms with E-state index in [4.69, 9.17) is 9.47 Å². The summed E-state index contributed by atoms with van der Waals surface area (Å²) in [5.74, 6) is -0.919. The minimum Gasteiger partial charge on any atom is -0.492 e. The third-order valence-electron chi connectivity index (χ3n) is 5.61. The highest BCUT2D eigenvalue weighted by Crippen LogP contribution is 2.33. The number of rotatable bonds is 8. The van der Waals surface area contributed by atoms with E-state index in [1.165, 1.54) is 6.92 Å². The molecule has 31 heavy (non-hydrogen) atoms. The lowest BCUT2D eigenvalue weighted by molar-refractivity contribution is -0.153. The van der Waals surface area contributed by atoms with Crippen LogP contribution in [0.1, 0.15) is 52.4 Å². The molecule has 2 N–H and O–H groups in total. The number of nitrogens with zero attached hydrogens (tertiary/aromatic N) is 1. The Labute approximate surface area is 181 Å². The summed E-state index contributed by atoms with van der Waals surface area (Å²) in [5, 5.41) is 5.48. The highest BCUT2D eigenvalue weighted by molar-refractivity contribution is 6.07. The minimum atomic E-state index is -1.05. The maximum Gasteiger partial charge on any atom is 0.325 e. The summed E-state index contributed by atoms with van der Waals surface area (Å²) in [6.45, 7) is 3.67. The Morgan fingerprint density at radius 3 is 2.61 bits per heavy atom. The van der Waals surface area contributed by atoms with Gasteiger partial charge in [0.05, 0.1) is 18.7 Å². The molecule has 4 amide bonds. The smallest absolute Gasteiger partial charge is 0.325 e. The lowest BCUT2D eigenvalue weighted by Crippen LogP contribution is -2.48. The van der Waals surface area contributed by atoms with Crippen LogP contribution in [0.3, 0.4) is 0 Å². The second-order valence-electron chi connectivity index (χ2n) is 7.83. The summed E-state index contributed by atoms with van der Waals surface area (Å²) in [5.41, 5.74) is -0.338. The molecule has 1 aliphatic carbocycles. The van der Waals surface area contributed by atoms with Crippen molar-refractivity contribution >= 4 is 29.5 Å². The molecule has 1 heterocycles. The summed E-state index contributed by atoms with van der Waals surface area (Å²) < 4.78 is 10.7. The Bertz CT molecular complexity index is 849. The predicted octanol–water partition coefficient (Wildman–Crippen LogP) is 2.60. The molecular formula is C22H29N3O6. The number of hydrogen-bond acceptors (Lipinski definition) is 6. The number of carbonyl (C=O) groups excluding carboxylic acids is 4. The molecular weight excluding hydrogens is 402 g/mol. The Balaban J connectivity index is 1.50. The van der Waals surface area contributed by atoms with Crippen LogP contribution >= 0.6 is 0 Å². The Morgan fingerprint density at radius 1 is 1.19 bits per heavy atom. The first-order chi connectivity index (χ1) is 14.9. The van der Waals surface area contributed by atoms with Crippen LogP contribution in [-0.2, 0) is 19.1 Å². The number of imide groups is 1. The molecule has 2 fully saturated rings. The zero-order valence-corrected chi connectivity index (χ0v) is 17.9. The van der Waals surface area contributed by atoms with E-state index in [9.17, 15) is 19.2 Å². The van der Waals surface area contributed by atoms with E-state index in [1.807, 2.05) is 6.92 Å². The molecule has 0 radical (unpaired) electrons. The Kier molecular flexibility index (Phi) is 7.14. The summed E-state index contributed by atoms with van der Waals surface area (Å²) in [7, 11) is 0. The van der Waals surface area contributed by atoms with E-state index >= 15 is 0 Å². The largest absolute Gasteiger partial charge is 0.492 e. The highest BCUT2D eigenvalue weighted by atomic mass is 16.5. The van der Waals surface area contributed by atoms with Gasteiger partial charge in [0.2, 0.25) is 0 Å². The molecule has 1 atom stereocenters. The van der Waals surface area contributed by atoms with Crippen molar-refractivity contribution in [2.24, 2.45) is 0 Å². The highest BCUT2D eigenvalue weighted by Gasteiger charge is 2.51. The third kappa shape index (κ3) is 5.15. The Morgan fingerprint density at radius 2 is 1.90 bits per heavy atom. The van der Waals surface area contributed by atoms with Crippen LogP contribution in [0.25, 0.3) is 0 Å². The molecule has 1 unspecified atom stereocenters. The number of esters is 1. The molecule has 9 nitrogen and oxygen atoms in total. The van der Waals surface area contributed by atoms with E-state index in [-0.39, 0.29) is 18.9 Å². The van der Waals surface area contributed by atoms with E-state index in [1.54, 1.807) is 24.3 Å². The lowest BCUT2D eigenvalue weighted by Gasteiger charge is -2.30. The van der Waals surface area contributed by atoms with Crippen LogP contribution in [0.4, 0.5) is 10.5 Å². The van der Waals surface area contributed by atoms with Crippen molar-refractivity contribution in [1.82, 2.24) is 10.2 Å². The molecule has 1 saturated heterocycles. The van der Waals surface area contributed by atoms with Crippen LogP contribution in [-0.4, -0.2) is 53.5 Å². The molecule has 9 heteroatoms. The molecule has 168 valence electrons. The number of benzene rings is 1. The molecule has 1 saturated carbocycles. The number of anilines is 1. The van der Waals surface area contributed by atoms with Crippen LogP contribution in [0.5, 0.6) is 5.75 Å². The van der Waals surface area contributed by atoms with Gasteiger partial charge in [0.25, 0.3) is 11.8 Å². The Hall–Kier alpha value is -3.10. The fraction of sp³-hybridized carbons (Fsp3) is 0.545.